The second-order valence-corrected chi connectivity index (χ2v) is 3.76. The van der Waals surface area contributed by atoms with Gasteiger partial charge in [0.2, 0.25) is 0 Å². The molecule has 8 nitrogen and oxygen atoms in total. The van der Waals surface area contributed by atoms with Gasteiger partial charge in [-0.2, -0.15) is 0 Å². The third-order valence-electron chi connectivity index (χ3n) is 2.35. The largest absolute Gasteiger partial charge is 0.367 e. The first-order chi connectivity index (χ1) is 9.29. The Morgan fingerprint density at radius 3 is 2.89 bits per heavy atom. The van der Waals surface area contributed by atoms with Crippen LogP contribution in [0.4, 0.5) is 5.82 Å². The maximum Gasteiger partial charge on any atom is 0.271 e. The number of hydrogen-bond donors (Lipinski definition) is 2. The van der Waals surface area contributed by atoms with Crippen LogP contribution in [0.5, 0.6) is 0 Å². The summed E-state index contributed by atoms with van der Waals surface area (Å²) in [6.45, 7) is 3.75. The van der Waals surface area contributed by atoms with Crippen LogP contribution in [-0.2, 0) is 6.54 Å². The molecule has 0 unspecified atom stereocenters. The maximum atomic E-state index is 11.5. The molecular formula is C11H15N7O. The standard InChI is InChI=1S/C11H15N7O/c1-2-12-11(19)9-3-4-10(16-15-9)13-5-7-18-8-6-14-17-18/h3-4,6,8H,2,5,7H2,1H3,(H,12,19)(H,13,16). The van der Waals surface area contributed by atoms with Gasteiger partial charge in [0, 0.05) is 19.3 Å². The van der Waals surface area contributed by atoms with Gasteiger partial charge < -0.3 is 10.6 Å². The number of hydrogen-bond acceptors (Lipinski definition) is 6. The summed E-state index contributed by atoms with van der Waals surface area (Å²) in [4.78, 5) is 11.5. The zero-order chi connectivity index (χ0) is 13.5. The number of rotatable bonds is 6. The molecule has 2 heterocycles. The van der Waals surface area contributed by atoms with Crippen molar-refractivity contribution in [3.63, 3.8) is 0 Å². The van der Waals surface area contributed by atoms with Crippen LogP contribution in [0.3, 0.4) is 0 Å². The Morgan fingerprint density at radius 2 is 2.26 bits per heavy atom. The SMILES string of the molecule is CCNC(=O)c1ccc(NCCn2ccnn2)nn1. The third-order valence-corrected chi connectivity index (χ3v) is 2.35. The van der Waals surface area contributed by atoms with Gasteiger partial charge in [-0.1, -0.05) is 5.21 Å². The molecule has 2 N–H and O–H groups in total. The van der Waals surface area contributed by atoms with E-state index in [0.717, 1.165) is 0 Å². The van der Waals surface area contributed by atoms with Crippen LogP contribution in [0.2, 0.25) is 0 Å². The first-order valence-electron chi connectivity index (χ1n) is 5.99. The lowest BCUT2D eigenvalue weighted by atomic mass is 10.3. The van der Waals surface area contributed by atoms with Crippen LogP contribution in [0.15, 0.2) is 24.5 Å². The van der Waals surface area contributed by atoms with Crippen LogP contribution >= 0.6 is 0 Å². The van der Waals surface area contributed by atoms with Crippen LogP contribution < -0.4 is 10.6 Å². The Hall–Kier alpha value is -2.51. The molecule has 0 fully saturated rings. The first-order valence-corrected chi connectivity index (χ1v) is 5.99. The molecular weight excluding hydrogens is 246 g/mol. The van der Waals surface area contributed by atoms with E-state index in [2.05, 4.69) is 31.1 Å². The number of carbonyl (C=O) groups is 1. The molecule has 100 valence electrons. The van der Waals surface area contributed by atoms with Crippen molar-refractivity contribution in [2.75, 3.05) is 18.4 Å². The van der Waals surface area contributed by atoms with E-state index < -0.39 is 0 Å². The molecule has 0 atom stereocenters. The Balaban J connectivity index is 1.83. The average Bonchev–Trinajstić information content (AvgIpc) is 2.93. The number of carbonyl (C=O) groups excluding carboxylic acids is 1. The average molecular weight is 261 g/mol. The Kier molecular flexibility index (Phi) is 4.38. The second kappa shape index (κ2) is 6.43. The molecule has 1 amide bonds. The van der Waals surface area contributed by atoms with Crippen molar-refractivity contribution in [3.05, 3.63) is 30.2 Å². The Bertz CT molecular complexity index is 508. The number of anilines is 1. The number of nitrogens with one attached hydrogen (secondary N) is 2. The van der Waals surface area contributed by atoms with E-state index in [-0.39, 0.29) is 5.91 Å². The monoisotopic (exact) mass is 261 g/mol. The molecule has 0 aliphatic rings. The second-order valence-electron chi connectivity index (χ2n) is 3.76. The normalized spacial score (nSPS) is 10.2. The molecule has 8 heteroatoms. The smallest absolute Gasteiger partial charge is 0.271 e. The predicted octanol–water partition coefficient (Wildman–Crippen LogP) is -0.0701. The highest BCUT2D eigenvalue weighted by atomic mass is 16.1. The summed E-state index contributed by atoms with van der Waals surface area (Å²) in [5, 5.41) is 21.1. The van der Waals surface area contributed by atoms with Crippen molar-refractivity contribution in [3.8, 4) is 0 Å². The fourth-order valence-electron chi connectivity index (χ4n) is 1.45. The van der Waals surface area contributed by atoms with Crippen LogP contribution in [0, 0.1) is 0 Å². The zero-order valence-electron chi connectivity index (χ0n) is 10.6. The van der Waals surface area contributed by atoms with Crippen LogP contribution in [-0.4, -0.2) is 44.2 Å². The Labute approximate surface area is 110 Å². The minimum atomic E-state index is -0.218. The summed E-state index contributed by atoms with van der Waals surface area (Å²) in [7, 11) is 0. The first kappa shape index (κ1) is 12.9. The summed E-state index contributed by atoms with van der Waals surface area (Å²) in [5.74, 6) is 0.400. The lowest BCUT2D eigenvalue weighted by Gasteiger charge is -2.05. The molecule has 0 saturated carbocycles. The van der Waals surface area contributed by atoms with E-state index in [0.29, 0.717) is 31.1 Å². The predicted molar refractivity (Wildman–Crippen MR) is 68.6 cm³/mol. The summed E-state index contributed by atoms with van der Waals surface area (Å²) < 4.78 is 1.71. The van der Waals surface area contributed by atoms with Crippen molar-refractivity contribution in [2.24, 2.45) is 0 Å². The highest BCUT2D eigenvalue weighted by Crippen LogP contribution is 2.01. The number of aromatic nitrogens is 5. The van der Waals surface area contributed by atoms with E-state index in [1.54, 1.807) is 29.2 Å². The molecule has 0 aliphatic carbocycles. The molecule has 2 rings (SSSR count). The van der Waals surface area contributed by atoms with E-state index in [1.807, 2.05) is 6.92 Å². The lowest BCUT2D eigenvalue weighted by molar-refractivity contribution is 0.0950. The van der Waals surface area contributed by atoms with Gasteiger partial charge in [0.25, 0.3) is 5.91 Å². The summed E-state index contributed by atoms with van der Waals surface area (Å²) in [6, 6.07) is 3.36. The van der Waals surface area contributed by atoms with E-state index in [4.69, 9.17) is 0 Å². The maximum absolute atomic E-state index is 11.5. The van der Waals surface area contributed by atoms with Crippen molar-refractivity contribution in [1.82, 2.24) is 30.5 Å². The summed E-state index contributed by atoms with van der Waals surface area (Å²) >= 11 is 0. The van der Waals surface area contributed by atoms with Crippen LogP contribution in [0.25, 0.3) is 0 Å². The molecule has 0 aromatic carbocycles. The van der Waals surface area contributed by atoms with Crippen LogP contribution in [0.1, 0.15) is 17.4 Å². The van der Waals surface area contributed by atoms with E-state index in [1.165, 1.54) is 0 Å². The van der Waals surface area contributed by atoms with Gasteiger partial charge in [-0.05, 0) is 19.1 Å². The van der Waals surface area contributed by atoms with Gasteiger partial charge in [-0.15, -0.1) is 15.3 Å². The lowest BCUT2D eigenvalue weighted by Crippen LogP contribution is -2.24. The molecule has 0 spiro atoms. The molecule has 2 aromatic heterocycles. The summed E-state index contributed by atoms with van der Waals surface area (Å²) in [6.07, 6.45) is 3.41. The van der Waals surface area contributed by atoms with E-state index in [9.17, 15) is 4.79 Å². The minimum Gasteiger partial charge on any atom is -0.367 e. The van der Waals surface area contributed by atoms with Gasteiger partial charge in [-0.25, -0.2) is 0 Å². The highest BCUT2D eigenvalue weighted by molar-refractivity contribution is 5.92. The minimum absolute atomic E-state index is 0.218. The van der Waals surface area contributed by atoms with Gasteiger partial charge >= 0.3 is 0 Å². The number of amides is 1. The molecule has 0 bridgehead atoms. The van der Waals surface area contributed by atoms with Crippen molar-refractivity contribution in [1.29, 1.82) is 0 Å². The quantitative estimate of drug-likeness (QED) is 0.755. The van der Waals surface area contributed by atoms with Gasteiger partial charge in [0.1, 0.15) is 5.82 Å². The zero-order valence-corrected chi connectivity index (χ0v) is 10.6. The van der Waals surface area contributed by atoms with Gasteiger partial charge in [-0.3, -0.25) is 9.48 Å². The molecule has 19 heavy (non-hydrogen) atoms. The molecule has 0 radical (unpaired) electrons. The third kappa shape index (κ3) is 3.73. The summed E-state index contributed by atoms with van der Waals surface area (Å²) in [5.41, 5.74) is 0.309. The fourth-order valence-corrected chi connectivity index (χ4v) is 1.45. The highest BCUT2D eigenvalue weighted by Gasteiger charge is 2.06. The fraction of sp³-hybridized carbons (Fsp3) is 0.364. The van der Waals surface area contributed by atoms with Crippen molar-refractivity contribution < 1.29 is 4.79 Å². The Morgan fingerprint density at radius 1 is 1.37 bits per heavy atom. The van der Waals surface area contributed by atoms with Crippen molar-refractivity contribution in [2.45, 2.75) is 13.5 Å². The molecule has 0 aliphatic heterocycles. The molecule has 2 aromatic rings. The van der Waals surface area contributed by atoms with Crippen molar-refractivity contribution >= 4 is 11.7 Å². The van der Waals surface area contributed by atoms with Gasteiger partial charge in [0.05, 0.1) is 12.7 Å². The topological polar surface area (TPSA) is 97.6 Å². The number of nitrogens with zero attached hydrogens (tertiary/aromatic N) is 5. The molecule has 0 saturated heterocycles. The van der Waals surface area contributed by atoms with Gasteiger partial charge in [0.15, 0.2) is 5.69 Å². The van der Waals surface area contributed by atoms with E-state index >= 15 is 0 Å².